The molecular formula is C24H32BNO6. The van der Waals surface area contributed by atoms with Gasteiger partial charge in [0.25, 0.3) is 0 Å². The fourth-order valence-electron chi connectivity index (χ4n) is 6.51. The molecule has 1 aromatic heterocycles. The van der Waals surface area contributed by atoms with Crippen LogP contribution >= 0.6 is 0 Å². The lowest BCUT2D eigenvalue weighted by molar-refractivity contribution is -0.143. The van der Waals surface area contributed by atoms with Gasteiger partial charge in [-0.1, -0.05) is 38.2 Å². The fraction of sp³-hybridized carbons (Fsp3) is 0.667. The van der Waals surface area contributed by atoms with E-state index in [1.807, 2.05) is 0 Å². The topological polar surface area (TPSA) is 100 Å². The third-order valence-corrected chi connectivity index (χ3v) is 7.89. The van der Waals surface area contributed by atoms with Gasteiger partial charge in [-0.25, -0.2) is 0 Å². The molecule has 2 amide bonds. The normalized spacial score (nSPS) is 31.3. The van der Waals surface area contributed by atoms with E-state index in [0.717, 1.165) is 49.6 Å². The number of nitrogens with zero attached hydrogens (tertiary/aromatic N) is 1. The summed E-state index contributed by atoms with van der Waals surface area (Å²) < 4.78 is 11.6. The number of hydrogen-bond donors (Lipinski definition) is 2. The Morgan fingerprint density at radius 1 is 1.12 bits per heavy atom. The monoisotopic (exact) mass is 441 g/mol. The zero-order valence-electron chi connectivity index (χ0n) is 18.7. The van der Waals surface area contributed by atoms with Crippen molar-refractivity contribution in [2.45, 2.75) is 83.5 Å². The molecule has 3 fully saturated rings. The van der Waals surface area contributed by atoms with E-state index in [4.69, 9.17) is 9.07 Å². The Hall–Kier alpha value is -1.90. The van der Waals surface area contributed by atoms with Crippen LogP contribution in [0.1, 0.15) is 82.3 Å². The van der Waals surface area contributed by atoms with E-state index in [1.165, 1.54) is 6.42 Å². The van der Waals surface area contributed by atoms with Crippen LogP contribution in [0.3, 0.4) is 0 Å². The van der Waals surface area contributed by atoms with Crippen molar-refractivity contribution in [1.82, 2.24) is 4.90 Å². The van der Waals surface area contributed by atoms with E-state index in [0.29, 0.717) is 24.4 Å². The summed E-state index contributed by atoms with van der Waals surface area (Å²) >= 11 is 0. The Bertz CT molecular complexity index is 919. The SMILES string of the molecule is CCCC1=C2B(O)O[C@H](c3ccc(CO)o3)C[C@H]2[C@H]2C(=O)N(C3CCCCC3)C(=O)[C@H]2C1. The number of amides is 2. The highest BCUT2D eigenvalue weighted by molar-refractivity contribution is 6.53. The molecule has 8 heteroatoms. The van der Waals surface area contributed by atoms with Crippen molar-refractivity contribution < 1.29 is 28.8 Å². The summed E-state index contributed by atoms with van der Waals surface area (Å²) in [4.78, 5) is 28.8. The van der Waals surface area contributed by atoms with Gasteiger partial charge in [-0.15, -0.1) is 0 Å². The molecule has 172 valence electrons. The number of likely N-dealkylation sites (tertiary alicyclic amines) is 1. The summed E-state index contributed by atoms with van der Waals surface area (Å²) in [6, 6.07) is 3.46. The largest absolute Gasteiger partial charge is 0.487 e. The summed E-state index contributed by atoms with van der Waals surface area (Å²) in [7, 11) is -1.12. The predicted octanol–water partition coefficient (Wildman–Crippen LogP) is 3.30. The molecule has 0 bridgehead atoms. The van der Waals surface area contributed by atoms with Crippen LogP contribution in [-0.4, -0.2) is 40.0 Å². The van der Waals surface area contributed by atoms with Gasteiger partial charge in [-0.05, 0) is 55.6 Å². The summed E-state index contributed by atoms with van der Waals surface area (Å²) in [5.74, 6) is -0.123. The zero-order valence-corrected chi connectivity index (χ0v) is 18.7. The van der Waals surface area contributed by atoms with Crippen LogP contribution in [0, 0.1) is 17.8 Å². The van der Waals surface area contributed by atoms with Crippen LogP contribution in [0.2, 0.25) is 0 Å². The van der Waals surface area contributed by atoms with Gasteiger partial charge in [0.05, 0.1) is 11.8 Å². The minimum absolute atomic E-state index is 0.0161. The van der Waals surface area contributed by atoms with Gasteiger partial charge in [0.2, 0.25) is 11.8 Å². The molecule has 0 radical (unpaired) electrons. The van der Waals surface area contributed by atoms with E-state index >= 15 is 0 Å². The van der Waals surface area contributed by atoms with Crippen molar-refractivity contribution in [1.29, 1.82) is 0 Å². The average molecular weight is 441 g/mol. The van der Waals surface area contributed by atoms with Gasteiger partial charge in [0, 0.05) is 6.04 Å². The second kappa shape index (κ2) is 8.80. The Morgan fingerprint density at radius 2 is 1.91 bits per heavy atom. The highest BCUT2D eigenvalue weighted by atomic mass is 16.5. The number of rotatable bonds is 5. The number of carbonyl (C=O) groups excluding carboxylic acids is 2. The minimum atomic E-state index is -1.12. The zero-order chi connectivity index (χ0) is 22.4. The molecular weight excluding hydrogens is 409 g/mol. The Kier molecular flexibility index (Phi) is 6.03. The summed E-state index contributed by atoms with van der Waals surface area (Å²) in [6.07, 6.45) is 7.28. The van der Waals surface area contributed by atoms with E-state index < -0.39 is 19.1 Å². The first-order valence-corrected chi connectivity index (χ1v) is 12.1. The number of allylic oxidation sites excluding steroid dienone is 2. The number of hydrogen-bond acceptors (Lipinski definition) is 6. The first-order valence-electron chi connectivity index (χ1n) is 12.1. The van der Waals surface area contributed by atoms with Crippen molar-refractivity contribution in [2.24, 2.45) is 17.8 Å². The molecule has 32 heavy (non-hydrogen) atoms. The first kappa shape index (κ1) is 21.9. The molecule has 0 unspecified atom stereocenters. The molecule has 1 aromatic rings. The number of imide groups is 1. The third-order valence-electron chi connectivity index (χ3n) is 7.89. The van der Waals surface area contributed by atoms with Crippen molar-refractivity contribution in [3.63, 3.8) is 0 Å². The van der Waals surface area contributed by atoms with Gasteiger partial charge >= 0.3 is 7.12 Å². The first-order chi connectivity index (χ1) is 15.5. The van der Waals surface area contributed by atoms with E-state index in [9.17, 15) is 19.7 Å². The van der Waals surface area contributed by atoms with E-state index in [-0.39, 0.29) is 36.3 Å². The van der Waals surface area contributed by atoms with Gasteiger partial charge < -0.3 is 19.2 Å². The molecule has 0 spiro atoms. The lowest BCUT2D eigenvalue weighted by Gasteiger charge is -2.41. The molecule has 7 nitrogen and oxygen atoms in total. The quantitative estimate of drug-likeness (QED) is 0.537. The van der Waals surface area contributed by atoms with Crippen molar-refractivity contribution in [2.75, 3.05) is 0 Å². The lowest BCUT2D eigenvalue weighted by atomic mass is 9.55. The van der Waals surface area contributed by atoms with Gasteiger partial charge in [0.15, 0.2) is 0 Å². The molecule has 2 N–H and O–H groups in total. The number of aliphatic hydroxyl groups is 1. The van der Waals surface area contributed by atoms with Crippen LogP contribution in [0.5, 0.6) is 0 Å². The molecule has 3 heterocycles. The van der Waals surface area contributed by atoms with E-state index in [1.54, 1.807) is 17.0 Å². The van der Waals surface area contributed by atoms with Crippen LogP contribution in [0.15, 0.2) is 27.6 Å². The highest BCUT2D eigenvalue weighted by Gasteiger charge is 2.58. The lowest BCUT2D eigenvalue weighted by Crippen LogP contribution is -2.45. The maximum atomic E-state index is 13.7. The smallest absolute Gasteiger partial charge is 0.461 e. The van der Waals surface area contributed by atoms with E-state index in [2.05, 4.69) is 6.92 Å². The maximum absolute atomic E-state index is 13.7. The molecule has 4 atom stereocenters. The van der Waals surface area contributed by atoms with Crippen molar-refractivity contribution in [3.05, 3.63) is 34.7 Å². The van der Waals surface area contributed by atoms with Gasteiger partial charge in [-0.2, -0.15) is 0 Å². The molecule has 2 aliphatic carbocycles. The highest BCUT2D eigenvalue weighted by Crippen LogP contribution is 2.52. The second-order valence-electron chi connectivity index (χ2n) is 9.77. The number of aliphatic hydroxyl groups excluding tert-OH is 1. The number of furan rings is 1. The third kappa shape index (κ3) is 3.56. The van der Waals surface area contributed by atoms with Gasteiger partial charge in [0.1, 0.15) is 24.2 Å². The van der Waals surface area contributed by atoms with Gasteiger partial charge in [-0.3, -0.25) is 14.5 Å². The number of fused-ring (bicyclic) bond motifs is 3. The standard InChI is InChI=1S/C24H32BNO6/c1-2-6-14-11-18-21(24(29)26(23(18)28)15-7-4-3-5-8-15)17-12-20(32-25(30)22(14)17)19-10-9-16(13-27)31-19/h9-10,15,17-18,20-21,27,30H,2-8,11-13H2,1H3/t17-,18-,20-,21+/m0/s1. The molecule has 0 aromatic carbocycles. The van der Waals surface area contributed by atoms with Crippen LogP contribution < -0.4 is 0 Å². The minimum Gasteiger partial charge on any atom is -0.461 e. The molecule has 2 saturated heterocycles. The Balaban J connectivity index is 1.49. The fourth-order valence-corrected chi connectivity index (χ4v) is 6.51. The van der Waals surface area contributed by atoms with Crippen molar-refractivity contribution in [3.8, 4) is 0 Å². The second-order valence-corrected chi connectivity index (χ2v) is 9.77. The summed E-state index contributed by atoms with van der Waals surface area (Å²) in [6.45, 7) is 1.88. The van der Waals surface area contributed by atoms with Crippen LogP contribution in [-0.2, 0) is 20.9 Å². The number of carbonyl (C=O) groups is 2. The van der Waals surface area contributed by atoms with Crippen LogP contribution in [0.25, 0.3) is 0 Å². The maximum Gasteiger partial charge on any atom is 0.487 e. The predicted molar refractivity (Wildman–Crippen MR) is 117 cm³/mol. The molecule has 2 aliphatic heterocycles. The van der Waals surface area contributed by atoms with Crippen molar-refractivity contribution >= 4 is 18.9 Å². The Labute approximate surface area is 188 Å². The molecule has 4 aliphatic rings. The van der Waals surface area contributed by atoms with Crippen LogP contribution in [0.4, 0.5) is 0 Å². The molecule has 1 saturated carbocycles. The summed E-state index contributed by atoms with van der Waals surface area (Å²) in [5.41, 5.74) is 1.89. The average Bonchev–Trinajstić information content (AvgIpc) is 3.37. The summed E-state index contributed by atoms with van der Waals surface area (Å²) in [5, 5.41) is 20.3. The molecule has 5 rings (SSSR count). The Morgan fingerprint density at radius 3 is 2.59 bits per heavy atom.